The molecular weight excluding hydrogens is 200 g/mol. The van der Waals surface area contributed by atoms with E-state index in [9.17, 15) is 4.79 Å². The minimum Gasteiger partial charge on any atom is -0.333 e. The van der Waals surface area contributed by atoms with Gasteiger partial charge in [-0.3, -0.25) is 0 Å². The van der Waals surface area contributed by atoms with Gasteiger partial charge < -0.3 is 10.2 Å². The van der Waals surface area contributed by atoms with Crippen molar-refractivity contribution in [2.24, 2.45) is 11.8 Å². The summed E-state index contributed by atoms with van der Waals surface area (Å²) in [6.45, 7) is 2.98. The van der Waals surface area contributed by atoms with Crippen molar-refractivity contribution in [1.82, 2.24) is 10.2 Å². The van der Waals surface area contributed by atoms with Gasteiger partial charge in [-0.1, -0.05) is 19.3 Å². The zero-order valence-corrected chi connectivity index (χ0v) is 10.1. The highest BCUT2D eigenvalue weighted by Gasteiger charge is 2.48. The molecule has 1 saturated heterocycles. The van der Waals surface area contributed by atoms with E-state index in [0.29, 0.717) is 12.1 Å². The highest BCUT2D eigenvalue weighted by Crippen LogP contribution is 2.44. The average molecular weight is 222 g/mol. The molecule has 3 heteroatoms. The van der Waals surface area contributed by atoms with Gasteiger partial charge in [-0.25, -0.2) is 4.79 Å². The van der Waals surface area contributed by atoms with E-state index in [2.05, 4.69) is 17.1 Å². The first-order valence-corrected chi connectivity index (χ1v) is 6.88. The Labute approximate surface area is 97.6 Å². The Kier molecular flexibility index (Phi) is 2.56. The summed E-state index contributed by atoms with van der Waals surface area (Å²) in [5.74, 6) is 1.68. The molecule has 2 saturated carbocycles. The number of amides is 2. The Balaban J connectivity index is 1.84. The number of carbonyl (C=O) groups is 1. The van der Waals surface area contributed by atoms with Crippen LogP contribution in [0, 0.1) is 11.8 Å². The maximum Gasteiger partial charge on any atom is 0.318 e. The first-order valence-electron chi connectivity index (χ1n) is 6.88. The smallest absolute Gasteiger partial charge is 0.318 e. The Morgan fingerprint density at radius 1 is 1.25 bits per heavy atom. The SMILES string of the molecule is CCN1C(=O)NC2CCC3CCCCC3C21. The minimum atomic E-state index is 0.184. The molecule has 1 heterocycles. The monoisotopic (exact) mass is 222 g/mol. The van der Waals surface area contributed by atoms with E-state index in [-0.39, 0.29) is 6.03 Å². The first kappa shape index (κ1) is 10.4. The van der Waals surface area contributed by atoms with Crippen molar-refractivity contribution in [3.8, 4) is 0 Å². The number of nitrogens with one attached hydrogen (secondary N) is 1. The molecule has 90 valence electrons. The van der Waals surface area contributed by atoms with Gasteiger partial charge in [-0.2, -0.15) is 0 Å². The second kappa shape index (κ2) is 3.94. The molecule has 0 bridgehead atoms. The number of fused-ring (bicyclic) bond motifs is 3. The molecule has 0 aromatic heterocycles. The standard InChI is InChI=1S/C13H22N2O/c1-2-15-12-10-6-4-3-5-9(10)7-8-11(12)14-13(15)16/h9-12H,2-8H2,1H3,(H,14,16). The Morgan fingerprint density at radius 3 is 2.88 bits per heavy atom. The molecule has 0 aromatic rings. The topological polar surface area (TPSA) is 32.3 Å². The Hall–Kier alpha value is -0.730. The van der Waals surface area contributed by atoms with E-state index < -0.39 is 0 Å². The number of hydrogen-bond donors (Lipinski definition) is 1. The van der Waals surface area contributed by atoms with Gasteiger partial charge in [-0.05, 0) is 38.0 Å². The maximum atomic E-state index is 11.9. The van der Waals surface area contributed by atoms with Gasteiger partial charge in [0, 0.05) is 6.54 Å². The zero-order chi connectivity index (χ0) is 11.1. The van der Waals surface area contributed by atoms with E-state index in [1.165, 1.54) is 38.5 Å². The lowest BCUT2D eigenvalue weighted by molar-refractivity contribution is 0.0743. The summed E-state index contributed by atoms with van der Waals surface area (Å²) in [4.78, 5) is 14.0. The fraction of sp³-hybridized carbons (Fsp3) is 0.923. The predicted octanol–water partition coefficient (Wildman–Crippen LogP) is 2.37. The lowest BCUT2D eigenvalue weighted by Crippen LogP contribution is -2.49. The number of hydrogen-bond acceptors (Lipinski definition) is 1. The summed E-state index contributed by atoms with van der Waals surface area (Å²) in [5, 5.41) is 3.18. The number of nitrogens with zero attached hydrogens (tertiary/aromatic N) is 1. The van der Waals surface area contributed by atoms with Crippen molar-refractivity contribution in [2.75, 3.05) is 6.54 Å². The third kappa shape index (κ3) is 1.44. The zero-order valence-electron chi connectivity index (χ0n) is 10.1. The summed E-state index contributed by atoms with van der Waals surface area (Å²) < 4.78 is 0. The second-order valence-electron chi connectivity index (χ2n) is 5.62. The fourth-order valence-electron chi connectivity index (χ4n) is 4.24. The normalized spacial score (nSPS) is 42.6. The molecule has 3 aliphatic rings. The summed E-state index contributed by atoms with van der Waals surface area (Å²) in [6, 6.07) is 1.15. The molecule has 3 nitrogen and oxygen atoms in total. The summed E-state index contributed by atoms with van der Waals surface area (Å²) in [6.07, 6.45) is 8.07. The molecule has 16 heavy (non-hydrogen) atoms. The van der Waals surface area contributed by atoms with Crippen LogP contribution in [0.25, 0.3) is 0 Å². The number of likely N-dealkylation sites (N-methyl/N-ethyl adjacent to an activating group) is 1. The summed E-state index contributed by atoms with van der Waals surface area (Å²) in [7, 11) is 0. The number of rotatable bonds is 1. The van der Waals surface area contributed by atoms with Crippen molar-refractivity contribution >= 4 is 6.03 Å². The molecule has 1 N–H and O–H groups in total. The number of carbonyl (C=O) groups excluding carboxylic acids is 1. The van der Waals surface area contributed by atoms with Gasteiger partial charge in [0.2, 0.25) is 0 Å². The van der Waals surface area contributed by atoms with Gasteiger partial charge in [-0.15, -0.1) is 0 Å². The highest BCUT2D eigenvalue weighted by atomic mass is 16.2. The molecule has 3 fully saturated rings. The molecule has 4 atom stereocenters. The van der Waals surface area contributed by atoms with E-state index in [4.69, 9.17) is 0 Å². The van der Waals surface area contributed by atoms with Crippen LogP contribution in [0.15, 0.2) is 0 Å². The lowest BCUT2D eigenvalue weighted by Gasteiger charge is -2.44. The molecule has 2 aliphatic carbocycles. The van der Waals surface area contributed by atoms with Gasteiger partial charge in [0.15, 0.2) is 0 Å². The summed E-state index contributed by atoms with van der Waals surface area (Å²) in [5.41, 5.74) is 0. The first-order chi connectivity index (χ1) is 7.81. The van der Waals surface area contributed by atoms with Crippen molar-refractivity contribution < 1.29 is 4.79 Å². The molecule has 4 unspecified atom stereocenters. The largest absolute Gasteiger partial charge is 0.333 e. The second-order valence-corrected chi connectivity index (χ2v) is 5.62. The fourth-order valence-corrected chi connectivity index (χ4v) is 4.24. The molecular formula is C13H22N2O. The van der Waals surface area contributed by atoms with E-state index in [1.807, 2.05) is 0 Å². The minimum absolute atomic E-state index is 0.184. The quantitative estimate of drug-likeness (QED) is 0.726. The number of urea groups is 1. The van der Waals surface area contributed by atoms with Crippen LogP contribution in [0.1, 0.15) is 45.4 Å². The van der Waals surface area contributed by atoms with Gasteiger partial charge in [0.05, 0.1) is 12.1 Å². The van der Waals surface area contributed by atoms with Crippen molar-refractivity contribution in [3.05, 3.63) is 0 Å². The van der Waals surface area contributed by atoms with E-state index in [1.54, 1.807) is 0 Å². The van der Waals surface area contributed by atoms with Crippen molar-refractivity contribution in [2.45, 2.75) is 57.5 Å². The van der Waals surface area contributed by atoms with Crippen LogP contribution >= 0.6 is 0 Å². The predicted molar refractivity (Wildman–Crippen MR) is 63.2 cm³/mol. The van der Waals surface area contributed by atoms with Gasteiger partial charge in [0.25, 0.3) is 0 Å². The molecule has 3 rings (SSSR count). The maximum absolute atomic E-state index is 11.9. The van der Waals surface area contributed by atoms with Crippen LogP contribution in [0.4, 0.5) is 4.79 Å². The average Bonchev–Trinajstić information content (AvgIpc) is 2.65. The Bertz CT molecular complexity index is 292. The van der Waals surface area contributed by atoms with E-state index >= 15 is 0 Å². The van der Waals surface area contributed by atoms with Crippen LogP contribution in [0.5, 0.6) is 0 Å². The van der Waals surface area contributed by atoms with Crippen molar-refractivity contribution in [1.29, 1.82) is 0 Å². The molecule has 2 amide bonds. The molecule has 1 aliphatic heterocycles. The third-order valence-corrected chi connectivity index (χ3v) is 4.94. The van der Waals surface area contributed by atoms with Crippen LogP contribution in [0.2, 0.25) is 0 Å². The van der Waals surface area contributed by atoms with Crippen LogP contribution in [0.3, 0.4) is 0 Å². The highest BCUT2D eigenvalue weighted by molar-refractivity contribution is 5.77. The Morgan fingerprint density at radius 2 is 2.06 bits per heavy atom. The molecule has 0 radical (unpaired) electrons. The third-order valence-electron chi connectivity index (χ3n) is 4.94. The van der Waals surface area contributed by atoms with Crippen LogP contribution in [-0.2, 0) is 0 Å². The van der Waals surface area contributed by atoms with Gasteiger partial charge >= 0.3 is 6.03 Å². The van der Waals surface area contributed by atoms with Crippen LogP contribution in [-0.4, -0.2) is 29.6 Å². The molecule has 0 spiro atoms. The van der Waals surface area contributed by atoms with Gasteiger partial charge in [0.1, 0.15) is 0 Å². The van der Waals surface area contributed by atoms with Crippen LogP contribution < -0.4 is 5.32 Å². The lowest BCUT2D eigenvalue weighted by atomic mass is 9.67. The molecule has 0 aromatic carbocycles. The summed E-state index contributed by atoms with van der Waals surface area (Å²) >= 11 is 0. The van der Waals surface area contributed by atoms with E-state index in [0.717, 1.165) is 18.4 Å². The van der Waals surface area contributed by atoms with Crippen molar-refractivity contribution in [3.63, 3.8) is 0 Å².